The lowest BCUT2D eigenvalue weighted by molar-refractivity contribution is -0.119. The summed E-state index contributed by atoms with van der Waals surface area (Å²) < 4.78 is 4.83. The zero-order chi connectivity index (χ0) is 29.4. The number of hydrogen-bond donors (Lipinski definition) is 2. The Bertz CT molecular complexity index is 1480. The van der Waals surface area contributed by atoms with E-state index in [-0.39, 0.29) is 11.8 Å². The van der Waals surface area contributed by atoms with Crippen LogP contribution in [0.4, 0.5) is 11.4 Å². The fraction of sp³-hybridized carbons (Fsp3) is 0.281. The van der Waals surface area contributed by atoms with Crippen molar-refractivity contribution in [3.8, 4) is 5.88 Å². The summed E-state index contributed by atoms with van der Waals surface area (Å²) in [5.41, 5.74) is 3.62. The van der Waals surface area contributed by atoms with Crippen LogP contribution in [0.25, 0.3) is 10.9 Å². The lowest BCUT2D eigenvalue weighted by Gasteiger charge is -2.32. The molecule has 1 amide bonds. The molecule has 1 aromatic heterocycles. The second-order valence-corrected chi connectivity index (χ2v) is 9.96. The molecular formula is C32H37N5O4. The van der Waals surface area contributed by atoms with Crippen molar-refractivity contribution < 1.29 is 19.4 Å². The predicted molar refractivity (Wildman–Crippen MR) is 164 cm³/mol. The summed E-state index contributed by atoms with van der Waals surface area (Å²) >= 11 is 0. The Hall–Kier alpha value is -4.47. The van der Waals surface area contributed by atoms with Gasteiger partial charge in [-0.3, -0.25) is 14.7 Å². The van der Waals surface area contributed by atoms with Gasteiger partial charge in [0.1, 0.15) is 0 Å². The molecule has 9 nitrogen and oxygen atoms in total. The topological polar surface area (TPSA) is 101 Å². The summed E-state index contributed by atoms with van der Waals surface area (Å²) in [5.74, 6) is -0.457. The van der Waals surface area contributed by atoms with Gasteiger partial charge < -0.3 is 24.6 Å². The van der Waals surface area contributed by atoms with Crippen LogP contribution in [0.1, 0.15) is 22.3 Å². The van der Waals surface area contributed by atoms with Crippen molar-refractivity contribution in [2.45, 2.75) is 6.42 Å². The summed E-state index contributed by atoms with van der Waals surface area (Å²) in [4.78, 5) is 38.9. The van der Waals surface area contributed by atoms with Gasteiger partial charge in [-0.15, -0.1) is 0 Å². The van der Waals surface area contributed by atoms with E-state index < -0.39 is 5.97 Å². The number of anilines is 1. The molecule has 0 unspecified atom stereocenters. The first-order chi connectivity index (χ1) is 19.8. The molecule has 4 rings (SSSR count). The van der Waals surface area contributed by atoms with Gasteiger partial charge in [0, 0.05) is 56.2 Å². The maximum Gasteiger partial charge on any atom is 0.337 e. The quantitative estimate of drug-likeness (QED) is 0.214. The Balaban J connectivity index is 1.60. The van der Waals surface area contributed by atoms with Crippen LogP contribution in [-0.2, 0) is 9.53 Å². The zero-order valence-electron chi connectivity index (χ0n) is 23.8. The number of benzene rings is 2. The van der Waals surface area contributed by atoms with E-state index in [1.165, 1.54) is 7.11 Å². The van der Waals surface area contributed by atoms with E-state index in [9.17, 15) is 14.7 Å². The Morgan fingerprint density at radius 3 is 2.51 bits per heavy atom. The molecule has 0 saturated carbocycles. The highest BCUT2D eigenvalue weighted by Gasteiger charge is 2.20. The van der Waals surface area contributed by atoms with Gasteiger partial charge in [0.15, 0.2) is 5.88 Å². The fourth-order valence-corrected chi connectivity index (χ4v) is 4.68. The first kappa shape index (κ1) is 29.5. The highest BCUT2D eigenvalue weighted by Crippen LogP contribution is 2.31. The number of aromatic hydroxyl groups is 1. The number of esters is 1. The van der Waals surface area contributed by atoms with Crippen LogP contribution >= 0.6 is 0 Å². The number of aromatic amines is 1. The van der Waals surface area contributed by atoms with Gasteiger partial charge in [-0.05, 0) is 43.4 Å². The van der Waals surface area contributed by atoms with Gasteiger partial charge in [0.25, 0.3) is 0 Å². The van der Waals surface area contributed by atoms with Crippen LogP contribution < -0.4 is 4.90 Å². The molecule has 1 saturated heterocycles. The SMILES string of the molecule is C=C/C=C\C=C/CC(=Nc1ccc(N(C)C(=O)CN2CCN(C)CC2)cc1)c1c(O)[nH]c2cc(C(=O)OC)ccc12. The molecule has 0 aliphatic carbocycles. The van der Waals surface area contributed by atoms with Crippen molar-refractivity contribution >= 4 is 39.9 Å². The normalized spacial score (nSPS) is 15.1. The third kappa shape index (κ3) is 7.39. The van der Waals surface area contributed by atoms with E-state index in [1.807, 2.05) is 48.6 Å². The molecule has 1 aliphatic rings. The average molecular weight is 556 g/mol. The lowest BCUT2D eigenvalue weighted by Crippen LogP contribution is -2.48. The number of nitrogens with zero attached hydrogens (tertiary/aromatic N) is 4. The summed E-state index contributed by atoms with van der Waals surface area (Å²) in [7, 11) is 5.21. The number of carbonyl (C=O) groups excluding carboxylic acids is 2. The Morgan fingerprint density at radius 1 is 1.10 bits per heavy atom. The van der Waals surface area contributed by atoms with Crippen LogP contribution in [-0.4, -0.2) is 91.4 Å². The number of carbonyl (C=O) groups is 2. The van der Waals surface area contributed by atoms with Gasteiger partial charge in [0.2, 0.25) is 5.91 Å². The average Bonchev–Trinajstić information content (AvgIpc) is 3.31. The van der Waals surface area contributed by atoms with Gasteiger partial charge in [-0.2, -0.15) is 0 Å². The number of aromatic nitrogens is 1. The van der Waals surface area contributed by atoms with Crippen molar-refractivity contribution in [2.24, 2.45) is 4.99 Å². The van der Waals surface area contributed by atoms with E-state index in [0.717, 1.165) is 37.3 Å². The number of nitrogens with one attached hydrogen (secondary N) is 1. The second kappa shape index (κ2) is 13.7. The maximum absolute atomic E-state index is 12.9. The number of piperazine rings is 1. The van der Waals surface area contributed by atoms with Crippen LogP contribution in [0.15, 0.2) is 84.4 Å². The number of ether oxygens (including phenoxy) is 1. The number of rotatable bonds is 10. The first-order valence-electron chi connectivity index (χ1n) is 13.5. The number of aliphatic imine (C=N–C) groups is 1. The van der Waals surface area contributed by atoms with E-state index in [4.69, 9.17) is 9.73 Å². The molecule has 0 atom stereocenters. The summed E-state index contributed by atoms with van der Waals surface area (Å²) in [6.07, 6.45) is 9.66. The summed E-state index contributed by atoms with van der Waals surface area (Å²) in [6.45, 7) is 7.76. The van der Waals surface area contributed by atoms with Gasteiger partial charge in [-0.25, -0.2) is 4.79 Å². The third-order valence-corrected chi connectivity index (χ3v) is 7.12. The minimum absolute atomic E-state index is 0.0401. The van der Waals surface area contributed by atoms with Gasteiger partial charge in [0.05, 0.1) is 36.2 Å². The van der Waals surface area contributed by atoms with Gasteiger partial charge in [-0.1, -0.05) is 43.0 Å². The maximum atomic E-state index is 12.9. The van der Waals surface area contributed by atoms with Crippen molar-refractivity contribution in [1.82, 2.24) is 14.8 Å². The predicted octanol–water partition coefficient (Wildman–Crippen LogP) is 4.68. The van der Waals surface area contributed by atoms with Crippen LogP contribution in [0.2, 0.25) is 0 Å². The molecule has 2 N–H and O–H groups in total. The highest BCUT2D eigenvalue weighted by atomic mass is 16.5. The zero-order valence-corrected chi connectivity index (χ0v) is 23.8. The smallest absolute Gasteiger partial charge is 0.337 e. The first-order valence-corrected chi connectivity index (χ1v) is 13.5. The Morgan fingerprint density at radius 2 is 1.83 bits per heavy atom. The highest BCUT2D eigenvalue weighted by molar-refractivity contribution is 6.15. The Labute approximate surface area is 240 Å². The standard InChI is InChI=1S/C32H37N5O4/c1-5-6-7-8-9-10-27(30-26-16-11-23(32(40)41-4)21-28(26)34-31(30)39)33-24-12-14-25(15-13-24)36(3)29(38)22-37-19-17-35(2)18-20-37/h5-9,11-16,21,34,39H,1,10,17-20,22H2,2-4H3/b7-6-,9-8-,33-27?. The van der Waals surface area contributed by atoms with Crippen molar-refractivity contribution in [1.29, 1.82) is 0 Å². The molecule has 0 bridgehead atoms. The van der Waals surface area contributed by atoms with Crippen LogP contribution in [0, 0.1) is 0 Å². The summed E-state index contributed by atoms with van der Waals surface area (Å²) in [5, 5.41) is 11.6. The molecule has 9 heteroatoms. The minimum Gasteiger partial charge on any atom is -0.494 e. The van der Waals surface area contributed by atoms with Crippen molar-refractivity contribution in [3.05, 3.63) is 90.6 Å². The molecule has 0 spiro atoms. The van der Waals surface area contributed by atoms with Crippen molar-refractivity contribution in [3.63, 3.8) is 0 Å². The summed E-state index contributed by atoms with van der Waals surface area (Å²) in [6, 6.07) is 12.5. The minimum atomic E-state index is -0.458. The second-order valence-electron chi connectivity index (χ2n) is 9.96. The number of allylic oxidation sites excluding steroid dienone is 5. The number of H-pyrrole nitrogens is 1. The number of fused-ring (bicyclic) bond motifs is 1. The molecule has 41 heavy (non-hydrogen) atoms. The number of hydrogen-bond acceptors (Lipinski definition) is 7. The number of likely N-dealkylation sites (N-methyl/N-ethyl adjacent to an activating group) is 2. The number of amides is 1. The lowest BCUT2D eigenvalue weighted by atomic mass is 10.0. The molecule has 3 aromatic rings. The van der Waals surface area contributed by atoms with Crippen LogP contribution in [0.5, 0.6) is 5.88 Å². The number of methoxy groups -OCH3 is 1. The molecule has 1 fully saturated rings. The fourth-order valence-electron chi connectivity index (χ4n) is 4.68. The van der Waals surface area contributed by atoms with Crippen LogP contribution in [0.3, 0.4) is 0 Å². The molecule has 1 aliphatic heterocycles. The van der Waals surface area contributed by atoms with E-state index >= 15 is 0 Å². The molecular weight excluding hydrogens is 518 g/mol. The largest absolute Gasteiger partial charge is 0.494 e. The van der Waals surface area contributed by atoms with E-state index in [1.54, 1.807) is 36.2 Å². The Kier molecular flexibility index (Phi) is 9.89. The van der Waals surface area contributed by atoms with E-state index in [2.05, 4.69) is 28.4 Å². The third-order valence-electron chi connectivity index (χ3n) is 7.12. The molecule has 2 heterocycles. The van der Waals surface area contributed by atoms with E-state index in [0.29, 0.717) is 41.0 Å². The monoisotopic (exact) mass is 555 g/mol. The molecule has 214 valence electrons. The van der Waals surface area contributed by atoms with Gasteiger partial charge >= 0.3 is 5.97 Å². The van der Waals surface area contributed by atoms with Crippen molar-refractivity contribution in [2.75, 3.05) is 58.8 Å². The molecule has 0 radical (unpaired) electrons. The molecule has 2 aromatic carbocycles.